The molecule has 1 N–H and O–H groups in total. The molecule has 3 rings (SSSR count). The highest BCUT2D eigenvalue weighted by Crippen LogP contribution is 2.28. The average Bonchev–Trinajstić information content (AvgIpc) is 3.06. The predicted molar refractivity (Wildman–Crippen MR) is 110 cm³/mol. The van der Waals surface area contributed by atoms with Crippen LogP contribution >= 0.6 is 27.3 Å². The molecule has 0 spiro atoms. The van der Waals surface area contributed by atoms with E-state index in [0.29, 0.717) is 18.1 Å². The fourth-order valence-corrected chi connectivity index (χ4v) is 3.10. The predicted octanol–water partition coefficient (Wildman–Crippen LogP) is 5.25. The molecule has 0 aliphatic carbocycles. The number of hydrogen-bond donors (Lipinski definition) is 1. The van der Waals surface area contributed by atoms with Crippen LogP contribution in [0, 0.1) is 6.92 Å². The van der Waals surface area contributed by atoms with Gasteiger partial charge in [0, 0.05) is 9.85 Å². The highest BCUT2D eigenvalue weighted by atomic mass is 79.9. The maximum Gasteiger partial charge on any atom is 0.203 e. The Kier molecular flexibility index (Phi) is 6.25. The van der Waals surface area contributed by atoms with Crippen LogP contribution in [0.5, 0.6) is 11.5 Å². The molecule has 2 aromatic carbocycles. The molecule has 7 heteroatoms. The molecule has 1 aromatic heterocycles. The third-order valence-electron chi connectivity index (χ3n) is 3.49. The van der Waals surface area contributed by atoms with Gasteiger partial charge in [0.1, 0.15) is 6.61 Å². The first-order chi connectivity index (χ1) is 12.6. The number of thiazole rings is 1. The molecule has 0 aliphatic rings. The second kappa shape index (κ2) is 8.82. The number of ether oxygens (including phenoxy) is 2. The first kappa shape index (κ1) is 18.4. The largest absolute Gasteiger partial charge is 0.493 e. The Morgan fingerprint density at radius 3 is 2.69 bits per heavy atom. The molecule has 0 aliphatic heterocycles. The van der Waals surface area contributed by atoms with Crippen LogP contribution in [-0.4, -0.2) is 18.3 Å². The number of aryl methyl sites for hydroxylation is 1. The number of benzene rings is 2. The van der Waals surface area contributed by atoms with Gasteiger partial charge in [0.05, 0.1) is 19.0 Å². The van der Waals surface area contributed by atoms with E-state index >= 15 is 0 Å². The molecule has 0 bridgehead atoms. The van der Waals surface area contributed by atoms with Crippen molar-refractivity contribution >= 4 is 38.6 Å². The van der Waals surface area contributed by atoms with Crippen molar-refractivity contribution in [2.45, 2.75) is 13.5 Å². The summed E-state index contributed by atoms with van der Waals surface area (Å²) < 4.78 is 12.4. The standard InChI is InChI=1S/C19H18BrN3O2S/c1-13-12-26-19(22-13)23-21-10-15-5-8-17(24-2)18(9-15)25-11-14-3-6-16(20)7-4-14/h3-10,12H,11H2,1-2H3,(H,22,23). The Hall–Kier alpha value is -2.38. The van der Waals surface area contributed by atoms with Gasteiger partial charge in [-0.3, -0.25) is 5.43 Å². The molecule has 5 nitrogen and oxygen atoms in total. The molecule has 0 amide bonds. The lowest BCUT2D eigenvalue weighted by Gasteiger charge is -2.11. The van der Waals surface area contributed by atoms with E-state index in [0.717, 1.165) is 26.4 Å². The van der Waals surface area contributed by atoms with E-state index < -0.39 is 0 Å². The lowest BCUT2D eigenvalue weighted by molar-refractivity contribution is 0.284. The molecule has 134 valence electrons. The molecule has 26 heavy (non-hydrogen) atoms. The van der Waals surface area contributed by atoms with E-state index in [4.69, 9.17) is 9.47 Å². The van der Waals surface area contributed by atoms with E-state index in [-0.39, 0.29) is 0 Å². The van der Waals surface area contributed by atoms with E-state index in [2.05, 4.69) is 31.4 Å². The van der Waals surface area contributed by atoms with E-state index in [1.54, 1.807) is 13.3 Å². The van der Waals surface area contributed by atoms with Gasteiger partial charge >= 0.3 is 0 Å². The van der Waals surface area contributed by atoms with Gasteiger partial charge < -0.3 is 9.47 Å². The van der Waals surface area contributed by atoms with Crippen molar-refractivity contribution in [3.63, 3.8) is 0 Å². The van der Waals surface area contributed by atoms with Crippen LogP contribution in [0.4, 0.5) is 5.13 Å². The molecule has 0 saturated carbocycles. The van der Waals surface area contributed by atoms with Crippen LogP contribution in [0.25, 0.3) is 0 Å². The van der Waals surface area contributed by atoms with Crippen molar-refractivity contribution in [3.8, 4) is 11.5 Å². The molecule has 3 aromatic rings. The van der Waals surface area contributed by atoms with Crippen molar-refractivity contribution < 1.29 is 9.47 Å². The van der Waals surface area contributed by atoms with Gasteiger partial charge in [-0.2, -0.15) is 5.10 Å². The second-order valence-corrected chi connectivity index (χ2v) is 7.26. The topological polar surface area (TPSA) is 55.7 Å². The molecule has 0 atom stereocenters. The van der Waals surface area contributed by atoms with Crippen LogP contribution in [0.15, 0.2) is 57.4 Å². The lowest BCUT2D eigenvalue weighted by atomic mass is 10.2. The summed E-state index contributed by atoms with van der Waals surface area (Å²) in [6, 6.07) is 13.7. The van der Waals surface area contributed by atoms with Crippen molar-refractivity contribution in [3.05, 3.63) is 69.1 Å². The van der Waals surface area contributed by atoms with Crippen LogP contribution in [-0.2, 0) is 6.61 Å². The SMILES string of the molecule is COc1ccc(C=NNc2nc(C)cs2)cc1OCc1ccc(Br)cc1. The van der Waals surface area contributed by atoms with Gasteiger partial charge in [0.15, 0.2) is 11.5 Å². The van der Waals surface area contributed by atoms with Gasteiger partial charge in [0.25, 0.3) is 0 Å². The Morgan fingerprint density at radius 1 is 1.19 bits per heavy atom. The fraction of sp³-hybridized carbons (Fsp3) is 0.158. The first-order valence-electron chi connectivity index (χ1n) is 7.90. The smallest absolute Gasteiger partial charge is 0.203 e. The number of anilines is 1. The summed E-state index contributed by atoms with van der Waals surface area (Å²) in [7, 11) is 1.63. The molecule has 0 saturated heterocycles. The van der Waals surface area contributed by atoms with Crippen LogP contribution < -0.4 is 14.9 Å². The van der Waals surface area contributed by atoms with Crippen LogP contribution in [0.1, 0.15) is 16.8 Å². The number of hydrazone groups is 1. The van der Waals surface area contributed by atoms with Crippen molar-refractivity contribution in [2.24, 2.45) is 5.10 Å². The summed E-state index contributed by atoms with van der Waals surface area (Å²) >= 11 is 4.95. The van der Waals surface area contributed by atoms with Crippen molar-refractivity contribution in [1.82, 2.24) is 4.98 Å². The van der Waals surface area contributed by atoms with Crippen LogP contribution in [0.3, 0.4) is 0 Å². The highest BCUT2D eigenvalue weighted by molar-refractivity contribution is 9.10. The van der Waals surface area contributed by atoms with Crippen molar-refractivity contribution in [1.29, 1.82) is 0 Å². The van der Waals surface area contributed by atoms with E-state index in [1.807, 2.05) is 54.8 Å². The van der Waals surface area contributed by atoms with Gasteiger partial charge in [-0.05, 0) is 48.4 Å². The molecular weight excluding hydrogens is 414 g/mol. The summed E-state index contributed by atoms with van der Waals surface area (Å²) in [6.45, 7) is 2.41. The Labute approximate surface area is 164 Å². The summed E-state index contributed by atoms with van der Waals surface area (Å²) in [5, 5.41) is 6.96. The monoisotopic (exact) mass is 431 g/mol. The van der Waals surface area contributed by atoms with Gasteiger partial charge in [0.2, 0.25) is 5.13 Å². The summed E-state index contributed by atoms with van der Waals surface area (Å²) in [6.07, 6.45) is 1.72. The zero-order valence-corrected chi connectivity index (χ0v) is 16.8. The quantitative estimate of drug-likeness (QED) is 0.410. The maximum atomic E-state index is 5.93. The number of methoxy groups -OCH3 is 1. The zero-order valence-electron chi connectivity index (χ0n) is 14.4. The highest BCUT2D eigenvalue weighted by Gasteiger charge is 2.06. The zero-order chi connectivity index (χ0) is 18.4. The maximum absolute atomic E-state index is 5.93. The number of halogens is 1. The van der Waals surface area contributed by atoms with Crippen LogP contribution in [0.2, 0.25) is 0 Å². The normalized spacial score (nSPS) is 10.9. The fourth-order valence-electron chi connectivity index (χ4n) is 2.20. The molecule has 0 unspecified atom stereocenters. The van der Waals surface area contributed by atoms with E-state index in [1.165, 1.54) is 11.3 Å². The average molecular weight is 432 g/mol. The van der Waals surface area contributed by atoms with Gasteiger partial charge in [-0.1, -0.05) is 28.1 Å². The Morgan fingerprint density at radius 2 is 2.00 bits per heavy atom. The number of aromatic nitrogens is 1. The Bertz CT molecular complexity index is 894. The molecule has 0 fully saturated rings. The number of hydrogen-bond acceptors (Lipinski definition) is 6. The van der Waals surface area contributed by atoms with Gasteiger partial charge in [-0.15, -0.1) is 11.3 Å². The molecule has 1 heterocycles. The van der Waals surface area contributed by atoms with E-state index in [9.17, 15) is 0 Å². The first-order valence-corrected chi connectivity index (χ1v) is 9.58. The number of nitrogens with zero attached hydrogens (tertiary/aromatic N) is 2. The van der Waals surface area contributed by atoms with Crippen molar-refractivity contribution in [2.75, 3.05) is 12.5 Å². The summed E-state index contributed by atoms with van der Waals surface area (Å²) in [4.78, 5) is 4.30. The second-order valence-electron chi connectivity index (χ2n) is 5.49. The lowest BCUT2D eigenvalue weighted by Crippen LogP contribution is -1.99. The summed E-state index contributed by atoms with van der Waals surface area (Å²) in [5.41, 5.74) is 5.88. The minimum absolute atomic E-state index is 0.459. The Balaban J connectivity index is 1.68. The third-order valence-corrected chi connectivity index (χ3v) is 4.88. The minimum Gasteiger partial charge on any atom is -0.493 e. The number of rotatable bonds is 7. The number of nitrogens with one attached hydrogen (secondary N) is 1. The minimum atomic E-state index is 0.459. The third kappa shape index (κ3) is 5.06. The molecular formula is C19H18BrN3O2S. The van der Waals surface area contributed by atoms with Gasteiger partial charge in [-0.25, -0.2) is 4.98 Å². The summed E-state index contributed by atoms with van der Waals surface area (Å²) in [5.74, 6) is 1.35. The molecule has 0 radical (unpaired) electrons.